The van der Waals surface area contributed by atoms with E-state index >= 15 is 0 Å². The molecule has 2 amide bonds. The van der Waals surface area contributed by atoms with Gasteiger partial charge < -0.3 is 25.3 Å². The van der Waals surface area contributed by atoms with Crippen molar-refractivity contribution in [1.82, 2.24) is 15.1 Å². The van der Waals surface area contributed by atoms with E-state index in [1.807, 2.05) is 0 Å². The number of urea groups is 1. The standard InChI is InChI=1S/C12H23N3O4/c1-3-15-6-4-9(5-7-15)14(2)12(19)13-10(8-16)11(17)18/h9-10,16H,3-8H2,1-2H3,(H,13,19)(H,17,18)/t10-/m0/s1. The number of likely N-dealkylation sites (tertiary alicyclic amines) is 1. The second-order valence-electron chi connectivity index (χ2n) is 4.80. The molecule has 7 heteroatoms. The van der Waals surface area contributed by atoms with Crippen LogP contribution in [0.3, 0.4) is 0 Å². The van der Waals surface area contributed by atoms with Crippen molar-refractivity contribution in [3.05, 3.63) is 0 Å². The van der Waals surface area contributed by atoms with Crippen molar-refractivity contribution in [2.75, 3.05) is 33.3 Å². The lowest BCUT2D eigenvalue weighted by Gasteiger charge is -2.36. The molecule has 0 aromatic carbocycles. The lowest BCUT2D eigenvalue weighted by atomic mass is 10.0. The first kappa shape index (κ1) is 15.7. The number of aliphatic hydroxyl groups excluding tert-OH is 1. The molecule has 3 N–H and O–H groups in total. The van der Waals surface area contributed by atoms with E-state index in [2.05, 4.69) is 17.1 Å². The second kappa shape index (κ2) is 7.30. The summed E-state index contributed by atoms with van der Waals surface area (Å²) < 4.78 is 0. The van der Waals surface area contributed by atoms with E-state index in [1.54, 1.807) is 11.9 Å². The number of nitrogens with one attached hydrogen (secondary N) is 1. The zero-order chi connectivity index (χ0) is 14.4. The van der Waals surface area contributed by atoms with Crippen LogP contribution in [0.1, 0.15) is 19.8 Å². The fourth-order valence-corrected chi connectivity index (χ4v) is 2.23. The Bertz CT molecular complexity index is 316. The maximum atomic E-state index is 11.9. The molecule has 19 heavy (non-hydrogen) atoms. The van der Waals surface area contributed by atoms with Crippen molar-refractivity contribution in [3.63, 3.8) is 0 Å². The zero-order valence-corrected chi connectivity index (χ0v) is 11.5. The monoisotopic (exact) mass is 273 g/mol. The molecule has 7 nitrogen and oxygen atoms in total. The van der Waals surface area contributed by atoms with Gasteiger partial charge in [-0.1, -0.05) is 6.92 Å². The lowest BCUT2D eigenvalue weighted by molar-refractivity contribution is -0.140. The maximum Gasteiger partial charge on any atom is 0.328 e. The number of amides is 2. The number of carbonyl (C=O) groups excluding carboxylic acids is 1. The van der Waals surface area contributed by atoms with Gasteiger partial charge in [-0.25, -0.2) is 9.59 Å². The molecule has 110 valence electrons. The molecule has 1 heterocycles. The molecule has 1 fully saturated rings. The van der Waals surface area contributed by atoms with Crippen LogP contribution in [0, 0.1) is 0 Å². The molecule has 0 unspecified atom stereocenters. The number of carboxylic acid groups (broad SMARTS) is 1. The Labute approximate surface area is 113 Å². The predicted molar refractivity (Wildman–Crippen MR) is 69.9 cm³/mol. The van der Waals surface area contributed by atoms with E-state index in [-0.39, 0.29) is 6.04 Å². The average Bonchev–Trinajstić information content (AvgIpc) is 2.43. The Hall–Kier alpha value is -1.34. The minimum atomic E-state index is -1.24. The van der Waals surface area contributed by atoms with Crippen LogP contribution >= 0.6 is 0 Å². The summed E-state index contributed by atoms with van der Waals surface area (Å²) in [6, 6.07) is -1.57. The number of carbonyl (C=O) groups is 2. The van der Waals surface area contributed by atoms with Crippen LogP contribution in [0.5, 0.6) is 0 Å². The van der Waals surface area contributed by atoms with Crippen LogP contribution in [0.15, 0.2) is 0 Å². The summed E-state index contributed by atoms with van der Waals surface area (Å²) in [7, 11) is 1.66. The van der Waals surface area contributed by atoms with Gasteiger partial charge in [0.05, 0.1) is 6.61 Å². The number of aliphatic hydroxyl groups is 1. The lowest BCUT2D eigenvalue weighted by Crippen LogP contribution is -2.53. The first-order chi connectivity index (χ1) is 8.99. The summed E-state index contributed by atoms with van der Waals surface area (Å²) in [4.78, 5) is 26.5. The van der Waals surface area contributed by atoms with Crippen molar-refractivity contribution in [1.29, 1.82) is 0 Å². The highest BCUT2D eigenvalue weighted by Gasteiger charge is 2.27. The largest absolute Gasteiger partial charge is 0.480 e. The molecule has 0 saturated carbocycles. The number of carboxylic acids is 1. The van der Waals surface area contributed by atoms with Crippen molar-refractivity contribution < 1.29 is 19.8 Å². The van der Waals surface area contributed by atoms with E-state index in [0.717, 1.165) is 32.5 Å². The van der Waals surface area contributed by atoms with Crippen LogP contribution in [0.25, 0.3) is 0 Å². The highest BCUT2D eigenvalue weighted by Crippen LogP contribution is 2.15. The van der Waals surface area contributed by atoms with Gasteiger partial charge >= 0.3 is 12.0 Å². The molecule has 0 aliphatic carbocycles. The highest BCUT2D eigenvalue weighted by atomic mass is 16.4. The van der Waals surface area contributed by atoms with Crippen LogP contribution in [0.2, 0.25) is 0 Å². The third kappa shape index (κ3) is 4.36. The van der Waals surface area contributed by atoms with Gasteiger partial charge in [-0.2, -0.15) is 0 Å². The molecule has 0 radical (unpaired) electrons. The molecule has 0 bridgehead atoms. The quantitative estimate of drug-likeness (QED) is 0.631. The SMILES string of the molecule is CCN1CCC(N(C)C(=O)N[C@@H](CO)C(=O)O)CC1. The van der Waals surface area contributed by atoms with Crippen molar-refractivity contribution >= 4 is 12.0 Å². The van der Waals surface area contributed by atoms with Gasteiger partial charge in [0.25, 0.3) is 0 Å². The van der Waals surface area contributed by atoms with Gasteiger partial charge in [-0.05, 0) is 19.4 Å². The molecular weight excluding hydrogens is 250 g/mol. The Morgan fingerprint density at radius 3 is 2.42 bits per heavy atom. The summed E-state index contributed by atoms with van der Waals surface area (Å²) in [6.07, 6.45) is 1.77. The van der Waals surface area contributed by atoms with Crippen molar-refractivity contribution in [2.24, 2.45) is 0 Å². The third-order valence-electron chi connectivity index (χ3n) is 3.65. The van der Waals surface area contributed by atoms with Crippen molar-refractivity contribution in [2.45, 2.75) is 31.8 Å². The Balaban J connectivity index is 2.46. The smallest absolute Gasteiger partial charge is 0.328 e. The van der Waals surface area contributed by atoms with Gasteiger partial charge in [0.2, 0.25) is 0 Å². The minimum Gasteiger partial charge on any atom is -0.480 e. The van der Waals surface area contributed by atoms with Gasteiger partial charge in [-0.15, -0.1) is 0 Å². The Kier molecular flexibility index (Phi) is 6.04. The van der Waals surface area contributed by atoms with Gasteiger partial charge in [0.15, 0.2) is 6.04 Å². The number of rotatable bonds is 5. The first-order valence-corrected chi connectivity index (χ1v) is 6.58. The third-order valence-corrected chi connectivity index (χ3v) is 3.65. The second-order valence-corrected chi connectivity index (χ2v) is 4.80. The number of hydrogen-bond donors (Lipinski definition) is 3. The van der Waals surface area contributed by atoms with Crippen LogP contribution in [-0.2, 0) is 4.79 Å². The summed E-state index contributed by atoms with van der Waals surface area (Å²) in [6.45, 7) is 4.40. The van der Waals surface area contributed by atoms with E-state index in [4.69, 9.17) is 10.2 Å². The summed E-state index contributed by atoms with van der Waals surface area (Å²) in [5, 5.41) is 20.0. The predicted octanol–water partition coefficient (Wildman–Crippen LogP) is -0.442. The highest BCUT2D eigenvalue weighted by molar-refractivity contribution is 5.82. The zero-order valence-electron chi connectivity index (χ0n) is 11.5. The van der Waals surface area contributed by atoms with Crippen LogP contribution in [-0.4, -0.2) is 77.4 Å². The first-order valence-electron chi connectivity index (χ1n) is 6.58. The molecule has 1 atom stereocenters. The topological polar surface area (TPSA) is 93.1 Å². The number of piperidine rings is 1. The normalized spacial score (nSPS) is 18.9. The fourth-order valence-electron chi connectivity index (χ4n) is 2.23. The molecule has 1 saturated heterocycles. The minimum absolute atomic E-state index is 0.121. The Morgan fingerprint density at radius 2 is 2.00 bits per heavy atom. The maximum absolute atomic E-state index is 11.9. The van der Waals surface area contributed by atoms with Crippen molar-refractivity contribution in [3.8, 4) is 0 Å². The van der Waals surface area contributed by atoms with Gasteiger partial charge in [0, 0.05) is 26.2 Å². The van der Waals surface area contributed by atoms with E-state index in [9.17, 15) is 9.59 Å². The summed E-state index contributed by atoms with van der Waals surface area (Å²) in [5.41, 5.74) is 0. The number of aliphatic carboxylic acids is 1. The summed E-state index contributed by atoms with van der Waals surface area (Å²) in [5.74, 6) is -1.23. The molecule has 1 rings (SSSR count). The van der Waals surface area contributed by atoms with Crippen LogP contribution in [0.4, 0.5) is 4.79 Å². The molecule has 1 aliphatic rings. The van der Waals surface area contributed by atoms with E-state index < -0.39 is 24.6 Å². The van der Waals surface area contributed by atoms with E-state index in [0.29, 0.717) is 0 Å². The average molecular weight is 273 g/mol. The Morgan fingerprint density at radius 1 is 1.42 bits per heavy atom. The van der Waals surface area contributed by atoms with Gasteiger partial charge in [-0.3, -0.25) is 0 Å². The molecule has 0 aromatic rings. The molecule has 1 aliphatic heterocycles. The fraction of sp³-hybridized carbons (Fsp3) is 0.833. The molecular formula is C12H23N3O4. The van der Waals surface area contributed by atoms with Crippen LogP contribution < -0.4 is 5.32 Å². The van der Waals surface area contributed by atoms with Gasteiger partial charge in [0.1, 0.15) is 0 Å². The van der Waals surface area contributed by atoms with E-state index in [1.165, 1.54) is 0 Å². The number of hydrogen-bond acceptors (Lipinski definition) is 4. The molecule has 0 aromatic heterocycles. The summed E-state index contributed by atoms with van der Waals surface area (Å²) >= 11 is 0. The molecule has 0 spiro atoms. The number of nitrogens with zero attached hydrogens (tertiary/aromatic N) is 2.